The van der Waals surface area contributed by atoms with Gasteiger partial charge in [-0.1, -0.05) is 0 Å². The molecule has 0 bridgehead atoms. The summed E-state index contributed by atoms with van der Waals surface area (Å²) in [6.07, 6.45) is -4.56. The highest BCUT2D eigenvalue weighted by Gasteiger charge is 2.34. The van der Waals surface area contributed by atoms with Crippen molar-refractivity contribution in [3.8, 4) is 0 Å². The fourth-order valence-corrected chi connectivity index (χ4v) is 2.44. The number of halogens is 3. The summed E-state index contributed by atoms with van der Waals surface area (Å²) in [6.45, 7) is 6.69. The average Bonchev–Trinajstić information content (AvgIpc) is 2.43. The minimum absolute atomic E-state index is 0.203. The first-order valence-corrected chi connectivity index (χ1v) is 6.78. The highest BCUT2D eigenvalue weighted by atomic mass is 19.4. The van der Waals surface area contributed by atoms with E-state index in [1.807, 2.05) is 18.7 Å². The smallest absolute Gasteiger partial charge is 0.372 e. The molecule has 1 aromatic carbocycles. The van der Waals surface area contributed by atoms with Crippen molar-refractivity contribution in [1.82, 2.24) is 4.98 Å². The molecule has 2 rings (SSSR count). The van der Waals surface area contributed by atoms with Crippen LogP contribution in [0.3, 0.4) is 0 Å². The van der Waals surface area contributed by atoms with Crippen LogP contribution in [0.4, 0.5) is 18.9 Å². The molecule has 0 spiro atoms. The third-order valence-electron chi connectivity index (χ3n) is 3.64. The van der Waals surface area contributed by atoms with Crippen LogP contribution in [-0.4, -0.2) is 18.1 Å². The molecule has 114 valence electrons. The Balaban J connectivity index is 2.71. The second-order valence-electron chi connectivity index (χ2n) is 4.85. The van der Waals surface area contributed by atoms with Crippen LogP contribution in [0.2, 0.25) is 0 Å². The molecule has 1 N–H and O–H groups in total. The molecule has 0 aliphatic rings. The van der Waals surface area contributed by atoms with E-state index in [1.165, 1.54) is 13.0 Å². The number of anilines is 1. The van der Waals surface area contributed by atoms with Crippen LogP contribution in [0.15, 0.2) is 23.0 Å². The molecule has 6 heteroatoms. The van der Waals surface area contributed by atoms with Gasteiger partial charge in [0.15, 0.2) is 5.43 Å². The van der Waals surface area contributed by atoms with E-state index in [0.717, 1.165) is 18.8 Å². The van der Waals surface area contributed by atoms with E-state index in [4.69, 9.17) is 0 Å². The highest BCUT2D eigenvalue weighted by Crippen LogP contribution is 2.30. The number of H-pyrrole nitrogens is 1. The fourth-order valence-electron chi connectivity index (χ4n) is 2.44. The summed E-state index contributed by atoms with van der Waals surface area (Å²) < 4.78 is 38.7. The Hall–Kier alpha value is -1.98. The summed E-state index contributed by atoms with van der Waals surface area (Å²) in [5.74, 6) is 0. The van der Waals surface area contributed by atoms with Crippen LogP contribution in [0.1, 0.15) is 25.1 Å². The summed E-state index contributed by atoms with van der Waals surface area (Å²) in [5.41, 5.74) is -0.821. The summed E-state index contributed by atoms with van der Waals surface area (Å²) in [6, 6.07) is 4.90. The molecule has 0 saturated carbocycles. The summed E-state index contributed by atoms with van der Waals surface area (Å²) in [4.78, 5) is 16.6. The Morgan fingerprint density at radius 2 is 1.81 bits per heavy atom. The molecule has 0 unspecified atom stereocenters. The topological polar surface area (TPSA) is 36.1 Å². The number of hydrogen-bond donors (Lipinski definition) is 1. The van der Waals surface area contributed by atoms with Gasteiger partial charge in [-0.25, -0.2) is 0 Å². The molecule has 1 aromatic heterocycles. The number of nitrogens with zero attached hydrogens (tertiary/aromatic N) is 1. The zero-order valence-electron chi connectivity index (χ0n) is 12.1. The van der Waals surface area contributed by atoms with Gasteiger partial charge in [0.05, 0.1) is 0 Å². The van der Waals surface area contributed by atoms with Crippen molar-refractivity contribution < 1.29 is 13.2 Å². The van der Waals surface area contributed by atoms with Crippen molar-refractivity contribution in [2.24, 2.45) is 0 Å². The van der Waals surface area contributed by atoms with Gasteiger partial charge < -0.3 is 9.88 Å². The lowest BCUT2D eigenvalue weighted by atomic mass is 10.1. The van der Waals surface area contributed by atoms with Gasteiger partial charge >= 0.3 is 6.18 Å². The van der Waals surface area contributed by atoms with E-state index in [1.54, 1.807) is 12.1 Å². The van der Waals surface area contributed by atoms with Gasteiger partial charge in [0.1, 0.15) is 5.69 Å². The summed E-state index contributed by atoms with van der Waals surface area (Å²) in [7, 11) is 0. The Morgan fingerprint density at radius 1 is 1.19 bits per heavy atom. The van der Waals surface area contributed by atoms with Crippen molar-refractivity contribution in [1.29, 1.82) is 0 Å². The molecule has 0 saturated heterocycles. The fraction of sp³-hybridized carbons (Fsp3) is 0.400. The lowest BCUT2D eigenvalue weighted by Gasteiger charge is -2.21. The van der Waals surface area contributed by atoms with Gasteiger partial charge in [-0.2, -0.15) is 13.2 Å². The van der Waals surface area contributed by atoms with E-state index < -0.39 is 17.3 Å². The Labute approximate surface area is 120 Å². The second-order valence-corrected chi connectivity index (χ2v) is 4.85. The third kappa shape index (κ3) is 2.75. The Morgan fingerprint density at radius 3 is 2.33 bits per heavy atom. The van der Waals surface area contributed by atoms with Gasteiger partial charge in [-0.3, -0.25) is 4.79 Å². The first-order valence-electron chi connectivity index (χ1n) is 6.78. The second kappa shape index (κ2) is 5.42. The summed E-state index contributed by atoms with van der Waals surface area (Å²) in [5, 5.41) is 0.282. The number of pyridine rings is 1. The minimum Gasteiger partial charge on any atom is -0.372 e. The number of alkyl halides is 3. The molecule has 0 aliphatic carbocycles. The lowest BCUT2D eigenvalue weighted by molar-refractivity contribution is -0.141. The van der Waals surface area contributed by atoms with Crippen LogP contribution in [0.5, 0.6) is 0 Å². The number of aromatic amines is 1. The predicted molar refractivity (Wildman–Crippen MR) is 77.9 cm³/mol. The standard InChI is InChI=1S/C15H17F3N2O/c1-4-20(5-2)10-6-7-12-11(8-10)13(21)9(3)14(19-12)15(16,17)18/h6-8H,4-5H2,1-3H3,(H,19,21). The zero-order chi connectivity index (χ0) is 15.8. The van der Waals surface area contributed by atoms with Crippen molar-refractivity contribution in [2.75, 3.05) is 18.0 Å². The maximum Gasteiger partial charge on any atom is 0.431 e. The summed E-state index contributed by atoms with van der Waals surface area (Å²) >= 11 is 0. The van der Waals surface area contributed by atoms with Crippen molar-refractivity contribution in [3.05, 3.63) is 39.7 Å². The third-order valence-corrected chi connectivity index (χ3v) is 3.64. The zero-order valence-corrected chi connectivity index (χ0v) is 12.1. The van der Waals surface area contributed by atoms with Crippen LogP contribution < -0.4 is 10.3 Å². The van der Waals surface area contributed by atoms with Crippen molar-refractivity contribution in [3.63, 3.8) is 0 Å². The number of hydrogen-bond acceptors (Lipinski definition) is 2. The Bertz CT molecular complexity index is 715. The molecule has 0 fully saturated rings. The number of nitrogens with one attached hydrogen (secondary N) is 1. The predicted octanol–water partition coefficient (Wildman–Crippen LogP) is 3.70. The van der Waals surface area contributed by atoms with Gasteiger partial charge in [0, 0.05) is 35.2 Å². The normalized spacial score (nSPS) is 11.9. The molecule has 0 atom stereocenters. The first-order chi connectivity index (χ1) is 9.79. The Kier molecular flexibility index (Phi) is 3.98. The van der Waals surface area contributed by atoms with Crippen LogP contribution in [0.25, 0.3) is 10.9 Å². The number of fused-ring (bicyclic) bond motifs is 1. The molecule has 21 heavy (non-hydrogen) atoms. The van der Waals surface area contributed by atoms with Gasteiger partial charge in [0.2, 0.25) is 0 Å². The van der Waals surface area contributed by atoms with Crippen LogP contribution >= 0.6 is 0 Å². The van der Waals surface area contributed by atoms with E-state index >= 15 is 0 Å². The maximum atomic E-state index is 12.9. The molecular formula is C15H17F3N2O. The van der Waals surface area contributed by atoms with E-state index in [2.05, 4.69) is 4.98 Å². The van der Waals surface area contributed by atoms with Crippen molar-refractivity contribution in [2.45, 2.75) is 26.9 Å². The highest BCUT2D eigenvalue weighted by molar-refractivity contribution is 5.83. The molecule has 0 aliphatic heterocycles. The lowest BCUT2D eigenvalue weighted by Crippen LogP contribution is -2.23. The van der Waals surface area contributed by atoms with E-state index in [-0.39, 0.29) is 16.5 Å². The molecular weight excluding hydrogens is 281 g/mol. The van der Waals surface area contributed by atoms with Gasteiger partial charge in [-0.05, 0) is 39.0 Å². The number of aromatic nitrogens is 1. The minimum atomic E-state index is -4.56. The molecule has 2 aromatic rings. The van der Waals surface area contributed by atoms with E-state index in [9.17, 15) is 18.0 Å². The maximum absolute atomic E-state index is 12.9. The molecule has 3 nitrogen and oxygen atoms in total. The molecule has 1 heterocycles. The van der Waals surface area contributed by atoms with Crippen molar-refractivity contribution >= 4 is 16.6 Å². The first kappa shape index (κ1) is 15.4. The van der Waals surface area contributed by atoms with E-state index in [0.29, 0.717) is 0 Å². The van der Waals surface area contributed by atoms with Gasteiger partial charge in [0.25, 0.3) is 0 Å². The largest absolute Gasteiger partial charge is 0.431 e. The number of benzene rings is 1. The SMILES string of the molecule is CCN(CC)c1ccc2[nH]c(C(F)(F)F)c(C)c(=O)c2c1. The monoisotopic (exact) mass is 298 g/mol. The number of rotatable bonds is 3. The van der Waals surface area contributed by atoms with Crippen LogP contribution in [-0.2, 0) is 6.18 Å². The average molecular weight is 298 g/mol. The molecule has 0 amide bonds. The quantitative estimate of drug-likeness (QED) is 0.938. The van der Waals surface area contributed by atoms with Gasteiger partial charge in [-0.15, -0.1) is 0 Å². The van der Waals surface area contributed by atoms with Crippen LogP contribution in [0, 0.1) is 6.92 Å². The molecule has 0 radical (unpaired) electrons.